The van der Waals surface area contributed by atoms with Gasteiger partial charge in [-0.05, 0) is 57.2 Å². The normalized spacial score (nSPS) is 30.4. The molecule has 0 spiro atoms. The molecule has 2 saturated heterocycles. The third-order valence-corrected chi connectivity index (χ3v) is 10.1. The molecule has 2 aromatic rings. The molecule has 0 unspecified atom stereocenters. The molecular weight excluding hydrogens is 583 g/mol. The van der Waals surface area contributed by atoms with E-state index in [1.54, 1.807) is 54.3 Å². The van der Waals surface area contributed by atoms with E-state index in [4.69, 9.17) is 9.73 Å². The van der Waals surface area contributed by atoms with Crippen LogP contribution in [0, 0.1) is 18.2 Å². The van der Waals surface area contributed by atoms with Crippen LogP contribution < -0.4 is 5.32 Å². The zero-order valence-corrected chi connectivity index (χ0v) is 25.0. The van der Waals surface area contributed by atoms with E-state index >= 15 is 8.78 Å². The Balaban J connectivity index is 1.36. The SMILES string of the molecule is CCOC(=O)C1=C(CN2CC(F)(F)[C@H]3[C@@H]2CCN3C2CC(C)(C(=O)O)C2)NC(c2nccs2)=N[C@H]1c1cccc(F)c1C. The summed E-state index contributed by atoms with van der Waals surface area (Å²) in [5.41, 5.74) is 0.417. The number of rotatable bonds is 8. The summed E-state index contributed by atoms with van der Waals surface area (Å²) >= 11 is 1.33. The van der Waals surface area contributed by atoms with Gasteiger partial charge in [-0.3, -0.25) is 19.6 Å². The molecule has 1 aromatic heterocycles. The lowest BCUT2D eigenvalue weighted by Crippen LogP contribution is -2.58. The number of aromatic nitrogens is 1. The van der Waals surface area contributed by atoms with Crippen LogP contribution in [0.2, 0.25) is 0 Å². The molecule has 9 nitrogen and oxygen atoms in total. The third kappa shape index (κ3) is 5.14. The molecule has 6 rings (SSSR count). The highest BCUT2D eigenvalue weighted by molar-refractivity contribution is 7.11. The number of thiazole rings is 1. The van der Waals surface area contributed by atoms with Crippen LogP contribution in [-0.2, 0) is 14.3 Å². The second-order valence-electron chi connectivity index (χ2n) is 12.0. The van der Waals surface area contributed by atoms with E-state index in [1.165, 1.54) is 17.4 Å². The van der Waals surface area contributed by atoms with Crippen LogP contribution in [0.1, 0.15) is 55.3 Å². The number of hydrogen-bond donors (Lipinski definition) is 2. The van der Waals surface area contributed by atoms with E-state index in [-0.39, 0.29) is 24.8 Å². The molecular formula is C30H34F3N5O4S. The van der Waals surface area contributed by atoms with E-state index < -0.39 is 53.8 Å². The fourth-order valence-corrected chi connectivity index (χ4v) is 7.71. The average Bonchev–Trinajstić information content (AvgIpc) is 3.67. The average molecular weight is 618 g/mol. The third-order valence-electron chi connectivity index (χ3n) is 9.30. The molecule has 1 saturated carbocycles. The smallest absolute Gasteiger partial charge is 0.338 e. The molecule has 0 amide bonds. The van der Waals surface area contributed by atoms with Gasteiger partial charge in [-0.15, -0.1) is 11.3 Å². The van der Waals surface area contributed by atoms with E-state index in [0.717, 1.165) is 0 Å². The van der Waals surface area contributed by atoms with Crippen LogP contribution in [0.3, 0.4) is 0 Å². The number of nitrogens with zero attached hydrogens (tertiary/aromatic N) is 4. The number of carbonyl (C=O) groups excluding carboxylic acids is 1. The number of likely N-dealkylation sites (tertiary alicyclic amines) is 2. The van der Waals surface area contributed by atoms with Crippen LogP contribution in [0.5, 0.6) is 0 Å². The second kappa shape index (κ2) is 11.0. The van der Waals surface area contributed by atoms with Crippen molar-refractivity contribution in [2.45, 2.75) is 70.1 Å². The topological polar surface area (TPSA) is 107 Å². The number of esters is 1. The lowest BCUT2D eigenvalue weighted by molar-refractivity contribution is -0.160. The Labute approximate surface area is 251 Å². The van der Waals surface area contributed by atoms with Gasteiger partial charge in [-0.2, -0.15) is 0 Å². The highest BCUT2D eigenvalue weighted by Gasteiger charge is 2.63. The van der Waals surface area contributed by atoms with Crippen molar-refractivity contribution in [1.82, 2.24) is 20.1 Å². The van der Waals surface area contributed by atoms with Gasteiger partial charge in [-0.25, -0.2) is 22.9 Å². The van der Waals surface area contributed by atoms with Crippen molar-refractivity contribution in [2.24, 2.45) is 10.4 Å². The molecule has 13 heteroatoms. The number of ether oxygens (including phenoxy) is 1. The molecule has 3 fully saturated rings. The first-order valence-corrected chi connectivity index (χ1v) is 15.3. The van der Waals surface area contributed by atoms with Crippen molar-refractivity contribution in [3.05, 3.63) is 63.0 Å². The second-order valence-corrected chi connectivity index (χ2v) is 12.9. The van der Waals surface area contributed by atoms with Crippen LogP contribution >= 0.6 is 11.3 Å². The monoisotopic (exact) mass is 617 g/mol. The zero-order valence-electron chi connectivity index (χ0n) is 24.1. The van der Waals surface area contributed by atoms with Gasteiger partial charge in [-0.1, -0.05) is 12.1 Å². The molecule has 3 aliphatic heterocycles. The highest BCUT2D eigenvalue weighted by Crippen LogP contribution is 2.50. The summed E-state index contributed by atoms with van der Waals surface area (Å²) in [4.78, 5) is 37.8. The van der Waals surface area contributed by atoms with E-state index in [2.05, 4.69) is 10.3 Å². The van der Waals surface area contributed by atoms with E-state index in [9.17, 15) is 19.1 Å². The van der Waals surface area contributed by atoms with Gasteiger partial charge in [0.2, 0.25) is 0 Å². The number of alkyl halides is 2. The molecule has 3 atom stereocenters. The Bertz CT molecular complexity index is 1490. The summed E-state index contributed by atoms with van der Waals surface area (Å²) in [5.74, 6) is -4.68. The molecule has 230 valence electrons. The maximum absolute atomic E-state index is 15.7. The number of fused-ring (bicyclic) bond motifs is 1. The van der Waals surface area contributed by atoms with Crippen molar-refractivity contribution in [3.63, 3.8) is 0 Å². The van der Waals surface area contributed by atoms with Crippen molar-refractivity contribution in [1.29, 1.82) is 0 Å². The summed E-state index contributed by atoms with van der Waals surface area (Å²) in [7, 11) is 0. The fraction of sp³-hybridized carbons (Fsp3) is 0.533. The van der Waals surface area contributed by atoms with Gasteiger partial charge in [0.25, 0.3) is 5.92 Å². The summed E-state index contributed by atoms with van der Waals surface area (Å²) in [6.45, 7) is 4.95. The number of carbonyl (C=O) groups is 2. The zero-order chi connectivity index (χ0) is 30.7. The van der Waals surface area contributed by atoms with Crippen molar-refractivity contribution in [2.75, 3.05) is 26.2 Å². The van der Waals surface area contributed by atoms with Gasteiger partial charge in [0.05, 0.1) is 30.2 Å². The Hall–Kier alpha value is -3.29. The highest BCUT2D eigenvalue weighted by atomic mass is 32.1. The quantitative estimate of drug-likeness (QED) is 0.426. The fourth-order valence-electron chi connectivity index (χ4n) is 7.13. The minimum Gasteiger partial charge on any atom is -0.481 e. The predicted octanol–water partition coefficient (Wildman–Crippen LogP) is 4.15. The van der Waals surface area contributed by atoms with Crippen LogP contribution in [-0.4, -0.2) is 88.0 Å². The molecule has 4 aliphatic rings. The number of halogens is 3. The van der Waals surface area contributed by atoms with Crippen molar-refractivity contribution in [3.8, 4) is 0 Å². The number of aliphatic imine (C=N–C) groups is 1. The maximum atomic E-state index is 15.7. The van der Waals surface area contributed by atoms with Crippen molar-refractivity contribution >= 4 is 29.1 Å². The van der Waals surface area contributed by atoms with Gasteiger partial charge < -0.3 is 15.2 Å². The van der Waals surface area contributed by atoms with Gasteiger partial charge >= 0.3 is 11.9 Å². The number of benzene rings is 1. The summed E-state index contributed by atoms with van der Waals surface area (Å²) in [6.07, 6.45) is 2.78. The minimum atomic E-state index is -3.04. The van der Waals surface area contributed by atoms with Gasteiger partial charge in [0.1, 0.15) is 11.9 Å². The first-order chi connectivity index (χ1) is 20.4. The molecule has 2 N–H and O–H groups in total. The Kier molecular flexibility index (Phi) is 7.62. The van der Waals surface area contributed by atoms with E-state index in [1.807, 2.05) is 0 Å². The van der Waals surface area contributed by atoms with Crippen LogP contribution in [0.15, 0.2) is 46.0 Å². The van der Waals surface area contributed by atoms with Crippen LogP contribution in [0.4, 0.5) is 13.2 Å². The first kappa shape index (κ1) is 29.8. The number of aliphatic carboxylic acids is 1. The van der Waals surface area contributed by atoms with E-state index in [0.29, 0.717) is 53.5 Å². The number of carboxylic acid groups (broad SMARTS) is 1. The largest absolute Gasteiger partial charge is 0.481 e. The molecule has 1 aromatic carbocycles. The molecule has 0 radical (unpaired) electrons. The molecule has 0 bridgehead atoms. The minimum absolute atomic E-state index is 0.00842. The Morgan fingerprint density at radius 1 is 1.28 bits per heavy atom. The Morgan fingerprint density at radius 2 is 2.05 bits per heavy atom. The standard InChI is InChI=1S/C30H34F3N5O4S/c1-4-42-27(39)22-20(35-25(26-34-9-11-43-26)36-23(22)18-6-5-7-19(31)16(18)2)14-37-15-30(32,33)24-21(37)8-10-38(24)17-12-29(3,13-17)28(40)41/h5-7,9,11,17,21,23-24H,4,8,10,12-15H2,1-3H3,(H,35,36)(H,40,41)/t17?,21-,23-,24+,29?/m0/s1. The Morgan fingerprint density at radius 3 is 2.72 bits per heavy atom. The number of nitrogens with one attached hydrogen (secondary N) is 1. The molecule has 43 heavy (non-hydrogen) atoms. The van der Waals surface area contributed by atoms with Crippen molar-refractivity contribution < 1.29 is 32.6 Å². The summed E-state index contributed by atoms with van der Waals surface area (Å²) in [5, 5.41) is 15.1. The van der Waals surface area contributed by atoms with Crippen LogP contribution in [0.25, 0.3) is 0 Å². The molecule has 1 aliphatic carbocycles. The lowest BCUT2D eigenvalue weighted by atomic mass is 9.66. The first-order valence-electron chi connectivity index (χ1n) is 14.4. The summed E-state index contributed by atoms with van der Waals surface area (Å²) in [6, 6.07) is 1.88. The molecule has 4 heterocycles. The number of carboxylic acids is 1. The summed E-state index contributed by atoms with van der Waals surface area (Å²) < 4.78 is 51.6. The van der Waals surface area contributed by atoms with Gasteiger partial charge in [0, 0.05) is 42.4 Å². The number of hydrogen-bond acceptors (Lipinski definition) is 9. The maximum Gasteiger partial charge on any atom is 0.338 e. The van der Waals surface area contributed by atoms with Gasteiger partial charge in [0.15, 0.2) is 10.8 Å². The number of amidine groups is 1. The lowest BCUT2D eigenvalue weighted by Gasteiger charge is -2.48. The predicted molar refractivity (Wildman–Crippen MR) is 154 cm³/mol.